The van der Waals surface area contributed by atoms with Crippen LogP contribution in [-0.4, -0.2) is 36.8 Å². The minimum Gasteiger partial charge on any atom is -0.330 e. The molecule has 152 valence electrons. The molecule has 1 amide bonds. The first-order valence-corrected chi connectivity index (χ1v) is 12.6. The Balaban J connectivity index is 1.74. The molecule has 2 heterocycles. The quantitative estimate of drug-likeness (QED) is 0.474. The zero-order chi connectivity index (χ0) is 20.8. The Morgan fingerprint density at radius 2 is 1.83 bits per heavy atom. The molecule has 4 rings (SSSR count). The summed E-state index contributed by atoms with van der Waals surface area (Å²) in [4.78, 5) is 15.5. The van der Waals surface area contributed by atoms with Gasteiger partial charge in [-0.1, -0.05) is 53.0 Å². The minimum absolute atomic E-state index is 0.0460. The number of hydrogen-bond acceptors (Lipinski definition) is 4. The molecule has 29 heavy (non-hydrogen) atoms. The van der Waals surface area contributed by atoms with Crippen LogP contribution in [-0.2, 0) is 16.4 Å². The van der Waals surface area contributed by atoms with Crippen LogP contribution >= 0.6 is 46.1 Å². The van der Waals surface area contributed by atoms with Crippen molar-refractivity contribution in [2.24, 2.45) is 0 Å². The van der Waals surface area contributed by atoms with Gasteiger partial charge < -0.3 is 4.90 Å². The standard InChI is InChI=1S/C20H16Cl3NO3S2/c21-13-6-4-12(5-7-13)10-24(14-8-9-29(26,27)11-14)20(25)19-18(23)17-15(22)2-1-3-16(17)28-19/h1-7,14H,8-11H2/t14-/m0/s1. The largest absolute Gasteiger partial charge is 0.330 e. The van der Waals surface area contributed by atoms with Crippen LogP contribution in [0.25, 0.3) is 10.1 Å². The average Bonchev–Trinajstić information content (AvgIpc) is 3.21. The molecule has 4 nitrogen and oxygen atoms in total. The van der Waals surface area contributed by atoms with Crippen molar-refractivity contribution >= 4 is 72.0 Å². The van der Waals surface area contributed by atoms with E-state index < -0.39 is 15.9 Å². The summed E-state index contributed by atoms with van der Waals surface area (Å²) in [5.41, 5.74) is 0.863. The third-order valence-electron chi connectivity index (χ3n) is 4.98. The molecule has 0 radical (unpaired) electrons. The summed E-state index contributed by atoms with van der Waals surface area (Å²) in [6.45, 7) is 0.272. The summed E-state index contributed by atoms with van der Waals surface area (Å²) in [6.07, 6.45) is 0.408. The first-order valence-electron chi connectivity index (χ1n) is 8.87. The van der Waals surface area contributed by atoms with Gasteiger partial charge in [-0.2, -0.15) is 0 Å². The second-order valence-electron chi connectivity index (χ2n) is 6.97. The van der Waals surface area contributed by atoms with Crippen LogP contribution in [0.3, 0.4) is 0 Å². The lowest BCUT2D eigenvalue weighted by molar-refractivity contribution is 0.0686. The molecule has 1 aliphatic rings. The van der Waals surface area contributed by atoms with Crippen LogP contribution in [0.5, 0.6) is 0 Å². The number of hydrogen-bond donors (Lipinski definition) is 0. The molecule has 9 heteroatoms. The number of sulfone groups is 1. The molecular weight excluding hydrogens is 473 g/mol. The van der Waals surface area contributed by atoms with Gasteiger partial charge in [0.1, 0.15) is 4.88 Å². The first-order chi connectivity index (χ1) is 13.7. The van der Waals surface area contributed by atoms with Gasteiger partial charge in [0, 0.05) is 27.7 Å². The van der Waals surface area contributed by atoms with Crippen LogP contribution in [0.1, 0.15) is 21.7 Å². The van der Waals surface area contributed by atoms with E-state index in [1.54, 1.807) is 29.2 Å². The second-order valence-corrected chi connectivity index (χ2v) is 11.5. The number of halogens is 3. The number of rotatable bonds is 4. The van der Waals surface area contributed by atoms with Crippen molar-refractivity contribution in [2.75, 3.05) is 11.5 Å². The van der Waals surface area contributed by atoms with Crippen molar-refractivity contribution in [3.05, 3.63) is 68.0 Å². The van der Waals surface area contributed by atoms with Crippen LogP contribution in [0.2, 0.25) is 15.1 Å². The van der Waals surface area contributed by atoms with Gasteiger partial charge in [0.25, 0.3) is 5.91 Å². The summed E-state index contributed by atoms with van der Waals surface area (Å²) in [7, 11) is -3.16. The molecule has 0 saturated carbocycles. The van der Waals surface area contributed by atoms with E-state index in [0.717, 1.165) is 10.3 Å². The summed E-state index contributed by atoms with van der Waals surface area (Å²) in [6, 6.07) is 12.1. The first kappa shape index (κ1) is 20.9. The molecule has 1 aliphatic heterocycles. The highest BCUT2D eigenvalue weighted by molar-refractivity contribution is 7.91. The maximum absolute atomic E-state index is 13.5. The lowest BCUT2D eigenvalue weighted by atomic mass is 10.1. The number of carbonyl (C=O) groups excluding carboxylic acids is 1. The van der Waals surface area contributed by atoms with Crippen molar-refractivity contribution in [1.29, 1.82) is 0 Å². The lowest BCUT2D eigenvalue weighted by Gasteiger charge is -2.28. The topological polar surface area (TPSA) is 54.5 Å². The summed E-state index contributed by atoms with van der Waals surface area (Å²) >= 11 is 20.0. The third kappa shape index (κ3) is 4.28. The number of nitrogens with zero attached hydrogens (tertiary/aromatic N) is 1. The number of thiophene rings is 1. The number of amides is 1. The summed E-state index contributed by atoms with van der Waals surface area (Å²) in [5, 5.41) is 2.03. The maximum Gasteiger partial charge on any atom is 0.266 e. The van der Waals surface area contributed by atoms with Gasteiger partial charge in [-0.05, 0) is 36.2 Å². The Bertz CT molecular complexity index is 1190. The zero-order valence-electron chi connectivity index (χ0n) is 15.1. The van der Waals surface area contributed by atoms with Crippen molar-refractivity contribution in [3.8, 4) is 0 Å². The van der Waals surface area contributed by atoms with Crippen LogP contribution in [0.15, 0.2) is 42.5 Å². The van der Waals surface area contributed by atoms with Gasteiger partial charge in [0.15, 0.2) is 9.84 Å². The molecule has 1 atom stereocenters. The van der Waals surface area contributed by atoms with Crippen LogP contribution in [0, 0.1) is 0 Å². The van der Waals surface area contributed by atoms with Gasteiger partial charge >= 0.3 is 0 Å². The molecule has 1 aromatic heterocycles. The van der Waals surface area contributed by atoms with E-state index in [1.807, 2.05) is 18.2 Å². The minimum atomic E-state index is -3.16. The lowest BCUT2D eigenvalue weighted by Crippen LogP contribution is -2.40. The van der Waals surface area contributed by atoms with Gasteiger partial charge in [0.05, 0.1) is 21.6 Å². The van der Waals surface area contributed by atoms with Gasteiger partial charge in [0.2, 0.25) is 0 Å². The Labute approximate surface area is 187 Å². The highest BCUT2D eigenvalue weighted by Gasteiger charge is 2.36. The smallest absolute Gasteiger partial charge is 0.266 e. The van der Waals surface area contributed by atoms with Crippen molar-refractivity contribution < 1.29 is 13.2 Å². The molecule has 1 fully saturated rings. The fourth-order valence-electron chi connectivity index (χ4n) is 3.51. The van der Waals surface area contributed by atoms with Crippen LogP contribution < -0.4 is 0 Å². The van der Waals surface area contributed by atoms with Gasteiger partial charge in [-0.15, -0.1) is 11.3 Å². The molecule has 3 aromatic rings. The maximum atomic E-state index is 13.5. The van der Waals surface area contributed by atoms with E-state index in [-0.39, 0.29) is 24.0 Å². The highest BCUT2D eigenvalue weighted by atomic mass is 35.5. The highest BCUT2D eigenvalue weighted by Crippen LogP contribution is 2.40. The SMILES string of the molecule is O=C(c1sc2cccc(Cl)c2c1Cl)N(Cc1ccc(Cl)cc1)[C@H]1CCS(=O)(=O)C1. The molecule has 0 unspecified atom stereocenters. The van der Waals surface area contributed by atoms with E-state index in [2.05, 4.69) is 0 Å². The van der Waals surface area contributed by atoms with Crippen molar-refractivity contribution in [2.45, 2.75) is 19.0 Å². The van der Waals surface area contributed by atoms with Crippen molar-refractivity contribution in [3.63, 3.8) is 0 Å². The zero-order valence-corrected chi connectivity index (χ0v) is 19.0. The molecule has 0 spiro atoms. The molecule has 0 N–H and O–H groups in total. The number of benzene rings is 2. The Hall–Kier alpha value is -1.31. The molecule has 0 aliphatic carbocycles. The van der Waals surface area contributed by atoms with E-state index in [9.17, 15) is 13.2 Å². The predicted molar refractivity (Wildman–Crippen MR) is 120 cm³/mol. The van der Waals surface area contributed by atoms with E-state index in [1.165, 1.54) is 11.3 Å². The molecule has 0 bridgehead atoms. The Morgan fingerprint density at radius 3 is 2.45 bits per heavy atom. The predicted octanol–water partition coefficient (Wildman–Crippen LogP) is 5.69. The summed E-state index contributed by atoms with van der Waals surface area (Å²) < 4.78 is 24.9. The summed E-state index contributed by atoms with van der Waals surface area (Å²) in [5.74, 6) is -0.256. The molecular formula is C20H16Cl3NO3S2. The fourth-order valence-corrected chi connectivity index (χ4v) is 7.28. The average molecular weight is 489 g/mol. The van der Waals surface area contributed by atoms with Crippen molar-refractivity contribution in [1.82, 2.24) is 4.90 Å². The van der Waals surface area contributed by atoms with E-state index in [0.29, 0.717) is 31.8 Å². The van der Waals surface area contributed by atoms with E-state index >= 15 is 0 Å². The molecule has 1 saturated heterocycles. The monoisotopic (exact) mass is 487 g/mol. The van der Waals surface area contributed by atoms with Gasteiger partial charge in [-0.3, -0.25) is 4.79 Å². The van der Waals surface area contributed by atoms with Crippen LogP contribution in [0.4, 0.5) is 0 Å². The van der Waals surface area contributed by atoms with E-state index in [4.69, 9.17) is 34.8 Å². The molecule has 2 aromatic carbocycles. The third-order valence-corrected chi connectivity index (χ3v) is 8.93. The van der Waals surface area contributed by atoms with Gasteiger partial charge in [-0.25, -0.2) is 8.42 Å². The number of carbonyl (C=O) groups is 1. The number of fused-ring (bicyclic) bond motifs is 1. The fraction of sp³-hybridized carbons (Fsp3) is 0.250. The Kier molecular flexibility index (Phi) is 5.84. The normalized spacial score (nSPS) is 18.2. The Morgan fingerprint density at radius 1 is 1.10 bits per heavy atom. The second kappa shape index (κ2) is 8.08.